The van der Waals surface area contributed by atoms with Crippen LogP contribution >= 0.6 is 0 Å². The topological polar surface area (TPSA) is 81.3 Å². The number of hydrogen-bond donors (Lipinski definition) is 2. The van der Waals surface area contributed by atoms with E-state index in [1.807, 2.05) is 13.2 Å². The first-order chi connectivity index (χ1) is 23.4. The Hall–Kier alpha value is -2.31. The second kappa shape index (κ2) is 16.6. The Morgan fingerprint density at radius 2 is 1.42 bits per heavy atom. The highest BCUT2D eigenvalue weighted by atomic mass is 28.4. The molecule has 2 N–H and O–H groups in total. The number of furan rings is 1. The van der Waals surface area contributed by atoms with E-state index in [9.17, 15) is 10.2 Å². The molecular weight excluding hydrogens is 657 g/mol. The van der Waals surface area contributed by atoms with Gasteiger partial charge < -0.3 is 28.2 Å². The lowest BCUT2D eigenvalue weighted by molar-refractivity contribution is -0.0369. The van der Waals surface area contributed by atoms with Crippen LogP contribution in [0.4, 0.5) is 0 Å². The van der Waals surface area contributed by atoms with Crippen molar-refractivity contribution in [2.45, 2.75) is 135 Å². The predicted octanol–water partition coefficient (Wildman–Crippen LogP) is 8.41. The number of hydrogen-bond acceptors (Lipinski definition) is 6. The van der Waals surface area contributed by atoms with Gasteiger partial charge in [0.2, 0.25) is 0 Å². The Morgan fingerprint density at radius 1 is 0.860 bits per heavy atom. The molecule has 1 aromatic heterocycles. The number of aliphatic hydroxyl groups is 2. The van der Waals surface area contributed by atoms with Gasteiger partial charge in [-0.3, -0.25) is 0 Å². The maximum absolute atomic E-state index is 11.5. The van der Waals surface area contributed by atoms with E-state index in [1.54, 1.807) is 6.07 Å². The summed E-state index contributed by atoms with van der Waals surface area (Å²) >= 11 is 0. The van der Waals surface area contributed by atoms with Crippen molar-refractivity contribution in [3.63, 3.8) is 0 Å². The van der Waals surface area contributed by atoms with Gasteiger partial charge in [0, 0.05) is 19.4 Å². The summed E-state index contributed by atoms with van der Waals surface area (Å²) in [6.45, 7) is 22.4. The zero-order chi connectivity index (χ0) is 36.9. The maximum Gasteiger partial charge on any atom is 0.261 e. The summed E-state index contributed by atoms with van der Waals surface area (Å²) in [5.41, 5.74) is 1.16. The summed E-state index contributed by atoms with van der Waals surface area (Å²) < 4.78 is 26.7. The van der Waals surface area contributed by atoms with Crippen molar-refractivity contribution in [3.8, 4) is 0 Å². The molecule has 3 aromatic rings. The third-order valence-corrected chi connectivity index (χ3v) is 20.9. The van der Waals surface area contributed by atoms with Gasteiger partial charge in [-0.15, -0.1) is 0 Å². The van der Waals surface area contributed by atoms with Gasteiger partial charge in [0.25, 0.3) is 8.32 Å². The molecule has 4 rings (SSSR count). The fourth-order valence-electron chi connectivity index (χ4n) is 7.37. The molecule has 0 amide bonds. The fraction of sp³-hybridized carbons (Fsp3) is 0.571. The van der Waals surface area contributed by atoms with E-state index in [0.29, 0.717) is 23.9 Å². The predicted molar refractivity (Wildman–Crippen MR) is 210 cm³/mol. The molecule has 0 unspecified atom stereocenters. The van der Waals surface area contributed by atoms with Crippen molar-refractivity contribution in [2.24, 2.45) is 11.8 Å². The van der Waals surface area contributed by atoms with E-state index < -0.39 is 22.7 Å². The third-order valence-electron chi connectivity index (χ3n) is 11.4. The van der Waals surface area contributed by atoms with E-state index in [2.05, 4.69) is 135 Å². The lowest BCUT2D eigenvalue weighted by Crippen LogP contribution is -2.68. The first-order valence-corrected chi connectivity index (χ1v) is 23.3. The highest BCUT2D eigenvalue weighted by Crippen LogP contribution is 2.42. The van der Waals surface area contributed by atoms with Crippen molar-refractivity contribution < 1.29 is 28.2 Å². The quantitative estimate of drug-likeness (QED) is 0.129. The molecule has 1 aliphatic rings. The maximum atomic E-state index is 11.5. The average Bonchev–Trinajstić information content (AvgIpc) is 3.53. The van der Waals surface area contributed by atoms with E-state index in [4.69, 9.17) is 18.0 Å². The van der Waals surface area contributed by atoms with Crippen LogP contribution in [0.25, 0.3) is 0 Å². The lowest BCUT2D eigenvalue weighted by atomic mass is 9.82. The smallest absolute Gasteiger partial charge is 0.261 e. The summed E-state index contributed by atoms with van der Waals surface area (Å²) in [6.07, 6.45) is 4.49. The second-order valence-corrected chi connectivity index (χ2v) is 26.0. The van der Waals surface area contributed by atoms with Crippen LogP contribution in [0.15, 0.2) is 88.9 Å². The van der Waals surface area contributed by atoms with Gasteiger partial charge in [0.1, 0.15) is 18.1 Å². The molecular formula is C42H64O6Si2. The molecule has 6 atom stereocenters. The molecule has 1 heterocycles. The Balaban J connectivity index is 1.61. The number of rotatable bonds is 14. The van der Waals surface area contributed by atoms with Gasteiger partial charge in [-0.25, -0.2) is 0 Å². The SMILES string of the molecule is CO[C@@H]1C[C@H](/C=C(\C)[C@@H](O[Si](C)(C)C(C)(C)C)[C@H](C)[C@@H](O)Cc2ccc(CO)o2)CC[C@H]1O[Si](c1ccccc1)(c1ccccc1)C(C)(C)C. The van der Waals surface area contributed by atoms with E-state index in [1.165, 1.54) is 10.4 Å². The molecule has 0 spiro atoms. The number of allylic oxidation sites excluding steroid dienone is 1. The number of methoxy groups -OCH3 is 1. The second-order valence-electron chi connectivity index (χ2n) is 17.0. The average molecular weight is 721 g/mol. The molecule has 276 valence electrons. The molecule has 0 saturated heterocycles. The summed E-state index contributed by atoms with van der Waals surface area (Å²) in [5.74, 6) is 1.30. The molecule has 1 aliphatic carbocycles. The van der Waals surface area contributed by atoms with E-state index >= 15 is 0 Å². The minimum atomic E-state index is -2.73. The van der Waals surface area contributed by atoms with Crippen LogP contribution in [0.2, 0.25) is 23.2 Å². The number of ether oxygens (including phenoxy) is 1. The van der Waals surface area contributed by atoms with Crippen LogP contribution in [-0.2, 0) is 26.6 Å². The minimum Gasteiger partial charge on any atom is -0.464 e. The molecule has 2 aromatic carbocycles. The first-order valence-electron chi connectivity index (χ1n) is 18.5. The van der Waals surface area contributed by atoms with Crippen molar-refractivity contribution >= 4 is 27.0 Å². The zero-order valence-electron chi connectivity index (χ0n) is 32.5. The first kappa shape index (κ1) is 40.5. The molecule has 50 heavy (non-hydrogen) atoms. The molecule has 0 radical (unpaired) electrons. The van der Waals surface area contributed by atoms with Crippen LogP contribution in [0.5, 0.6) is 0 Å². The van der Waals surface area contributed by atoms with Gasteiger partial charge in [0.05, 0.1) is 24.4 Å². The van der Waals surface area contributed by atoms with Crippen molar-refractivity contribution in [1.82, 2.24) is 0 Å². The van der Waals surface area contributed by atoms with E-state index in [0.717, 1.165) is 24.8 Å². The Labute approximate surface area is 304 Å². The van der Waals surface area contributed by atoms with Crippen LogP contribution in [0, 0.1) is 11.8 Å². The lowest BCUT2D eigenvalue weighted by Gasteiger charge is -2.48. The van der Waals surface area contributed by atoms with Crippen LogP contribution in [-0.4, -0.2) is 58.4 Å². The van der Waals surface area contributed by atoms with Crippen molar-refractivity contribution in [3.05, 3.63) is 96.0 Å². The molecule has 0 bridgehead atoms. The van der Waals surface area contributed by atoms with Crippen LogP contribution in [0.1, 0.15) is 86.2 Å². The summed E-state index contributed by atoms with van der Waals surface area (Å²) in [6, 6.07) is 25.3. The summed E-state index contributed by atoms with van der Waals surface area (Å²) in [7, 11) is -3.10. The summed E-state index contributed by atoms with van der Waals surface area (Å²) in [5, 5.41) is 23.5. The Kier molecular flexibility index (Phi) is 13.4. The van der Waals surface area contributed by atoms with Crippen molar-refractivity contribution in [2.75, 3.05) is 7.11 Å². The van der Waals surface area contributed by atoms with Gasteiger partial charge in [-0.05, 0) is 83.4 Å². The molecule has 8 heteroatoms. The monoisotopic (exact) mass is 720 g/mol. The number of aliphatic hydroxyl groups excluding tert-OH is 2. The van der Waals surface area contributed by atoms with Crippen LogP contribution in [0.3, 0.4) is 0 Å². The molecule has 1 saturated carbocycles. The highest BCUT2D eigenvalue weighted by Gasteiger charge is 2.53. The highest BCUT2D eigenvalue weighted by molar-refractivity contribution is 6.99. The largest absolute Gasteiger partial charge is 0.464 e. The third kappa shape index (κ3) is 9.18. The number of benzene rings is 2. The zero-order valence-corrected chi connectivity index (χ0v) is 34.5. The fourth-order valence-corrected chi connectivity index (χ4v) is 13.5. The standard InChI is InChI=1S/C42H64O6Si2/c1-30(40(48-49(10,11)41(3,4)5)31(2)37(44)28-33-23-24-34(29-43)46-33)26-32-22-25-38(39(27-32)45-9)47-50(42(6,7)8,35-18-14-12-15-19-35)36-20-16-13-17-21-36/h12-21,23-24,26,31-32,37-40,43-44H,22,25,27-29H2,1-11H3/b30-26+/t31-,32+,37+,38-,39-,40-/m1/s1. The minimum absolute atomic E-state index is 0.0186. The summed E-state index contributed by atoms with van der Waals surface area (Å²) in [4.78, 5) is 0. The Bertz CT molecular complexity index is 1460. The van der Waals surface area contributed by atoms with Gasteiger partial charge in [0.15, 0.2) is 8.32 Å². The van der Waals surface area contributed by atoms with E-state index in [-0.39, 0.29) is 40.9 Å². The molecule has 1 fully saturated rings. The van der Waals surface area contributed by atoms with Crippen LogP contribution < -0.4 is 10.4 Å². The molecule has 0 aliphatic heterocycles. The van der Waals surface area contributed by atoms with Gasteiger partial charge in [-0.1, -0.05) is 115 Å². The van der Waals surface area contributed by atoms with Gasteiger partial charge in [-0.2, -0.15) is 0 Å². The Morgan fingerprint density at radius 3 is 1.90 bits per heavy atom. The molecule has 6 nitrogen and oxygen atoms in total. The normalized spacial score (nSPS) is 21.5. The van der Waals surface area contributed by atoms with Crippen molar-refractivity contribution in [1.29, 1.82) is 0 Å². The van der Waals surface area contributed by atoms with Gasteiger partial charge >= 0.3 is 0 Å².